The van der Waals surface area contributed by atoms with E-state index in [1.807, 2.05) is 12.1 Å². The molecule has 2 aliphatic rings. The van der Waals surface area contributed by atoms with Gasteiger partial charge in [0.25, 0.3) is 0 Å². The van der Waals surface area contributed by atoms with Crippen LogP contribution in [0, 0.1) is 0 Å². The van der Waals surface area contributed by atoms with Gasteiger partial charge in [0, 0.05) is 23.4 Å². The number of carbonyl (C=O) groups is 1. The summed E-state index contributed by atoms with van der Waals surface area (Å²) in [5.74, 6) is 0.134. The molecular formula is C15H17NO2. The third-order valence-corrected chi connectivity index (χ3v) is 3.57. The topological polar surface area (TPSA) is 38.3 Å². The molecule has 0 fully saturated rings. The number of Topliss-reactive ketones (excluding diaryl/α,β-unsaturated/α-hetero) is 1. The van der Waals surface area contributed by atoms with Crippen molar-refractivity contribution in [3.63, 3.8) is 0 Å². The summed E-state index contributed by atoms with van der Waals surface area (Å²) < 4.78 is 5.27. The normalized spacial score (nSPS) is 18.1. The first-order valence-electron chi connectivity index (χ1n) is 6.57. The molecule has 1 N–H and O–H groups in total. The summed E-state index contributed by atoms with van der Waals surface area (Å²) in [5.41, 5.74) is 3.93. The SMILES string of the molecule is O=C(C1=COCCC1)c1cccc2c1CCCN2. The first-order valence-corrected chi connectivity index (χ1v) is 6.57. The van der Waals surface area contributed by atoms with Crippen LogP contribution >= 0.6 is 0 Å². The first-order chi connectivity index (χ1) is 8.86. The second kappa shape index (κ2) is 4.84. The van der Waals surface area contributed by atoms with Gasteiger partial charge in [-0.1, -0.05) is 12.1 Å². The predicted octanol–water partition coefficient (Wildman–Crippen LogP) is 2.92. The van der Waals surface area contributed by atoms with E-state index >= 15 is 0 Å². The number of carbonyl (C=O) groups excluding carboxylic acids is 1. The van der Waals surface area contributed by atoms with Gasteiger partial charge in [0.05, 0.1) is 12.9 Å². The molecule has 0 radical (unpaired) electrons. The lowest BCUT2D eigenvalue weighted by molar-refractivity contribution is 0.101. The van der Waals surface area contributed by atoms with E-state index < -0.39 is 0 Å². The first kappa shape index (κ1) is 11.3. The van der Waals surface area contributed by atoms with E-state index in [1.54, 1.807) is 6.26 Å². The molecule has 0 aromatic heterocycles. The van der Waals surface area contributed by atoms with Crippen LogP contribution in [0.1, 0.15) is 35.2 Å². The molecule has 94 valence electrons. The van der Waals surface area contributed by atoms with E-state index in [2.05, 4.69) is 11.4 Å². The van der Waals surface area contributed by atoms with Crippen molar-refractivity contribution in [2.75, 3.05) is 18.5 Å². The molecule has 0 amide bonds. The number of anilines is 1. The molecule has 3 heteroatoms. The van der Waals surface area contributed by atoms with Gasteiger partial charge in [-0.05, 0) is 37.3 Å². The highest BCUT2D eigenvalue weighted by Crippen LogP contribution is 2.28. The number of fused-ring (bicyclic) bond motifs is 1. The van der Waals surface area contributed by atoms with E-state index in [0.29, 0.717) is 0 Å². The van der Waals surface area contributed by atoms with Gasteiger partial charge in [-0.25, -0.2) is 0 Å². The van der Waals surface area contributed by atoms with Crippen molar-refractivity contribution in [2.24, 2.45) is 0 Å². The van der Waals surface area contributed by atoms with Crippen molar-refractivity contribution < 1.29 is 9.53 Å². The van der Waals surface area contributed by atoms with Crippen LogP contribution in [-0.2, 0) is 11.2 Å². The Morgan fingerprint density at radius 1 is 1.22 bits per heavy atom. The highest BCUT2D eigenvalue weighted by atomic mass is 16.5. The average molecular weight is 243 g/mol. The number of allylic oxidation sites excluding steroid dienone is 1. The summed E-state index contributed by atoms with van der Waals surface area (Å²) in [6, 6.07) is 5.94. The zero-order valence-corrected chi connectivity index (χ0v) is 10.4. The Morgan fingerprint density at radius 2 is 2.17 bits per heavy atom. The molecule has 0 saturated carbocycles. The molecule has 18 heavy (non-hydrogen) atoms. The fourth-order valence-electron chi connectivity index (χ4n) is 2.63. The second-order valence-electron chi connectivity index (χ2n) is 4.81. The molecule has 0 spiro atoms. The van der Waals surface area contributed by atoms with Crippen molar-refractivity contribution in [3.05, 3.63) is 41.2 Å². The molecule has 0 unspecified atom stereocenters. The fourth-order valence-corrected chi connectivity index (χ4v) is 2.63. The minimum atomic E-state index is 0.134. The lowest BCUT2D eigenvalue weighted by Gasteiger charge is -2.21. The Balaban J connectivity index is 1.96. The number of hydrogen-bond donors (Lipinski definition) is 1. The lowest BCUT2D eigenvalue weighted by atomic mass is 9.91. The van der Waals surface area contributed by atoms with Crippen LogP contribution in [0.4, 0.5) is 5.69 Å². The number of ether oxygens (including phenoxy) is 1. The van der Waals surface area contributed by atoms with Crippen LogP contribution in [0.3, 0.4) is 0 Å². The Bertz CT molecular complexity index is 505. The van der Waals surface area contributed by atoms with Crippen molar-refractivity contribution >= 4 is 11.5 Å². The van der Waals surface area contributed by atoms with Crippen molar-refractivity contribution in [1.29, 1.82) is 0 Å². The van der Waals surface area contributed by atoms with Crippen LogP contribution in [0.5, 0.6) is 0 Å². The van der Waals surface area contributed by atoms with Crippen molar-refractivity contribution in [1.82, 2.24) is 0 Å². The van der Waals surface area contributed by atoms with Crippen LogP contribution in [0.15, 0.2) is 30.0 Å². The molecule has 0 aliphatic carbocycles. The maximum Gasteiger partial charge on any atom is 0.192 e. The summed E-state index contributed by atoms with van der Waals surface area (Å²) in [6.07, 6.45) is 5.48. The molecule has 1 aromatic carbocycles. The Labute approximate surface area is 107 Å². The summed E-state index contributed by atoms with van der Waals surface area (Å²) >= 11 is 0. The average Bonchev–Trinajstić information content (AvgIpc) is 2.47. The second-order valence-corrected chi connectivity index (χ2v) is 4.81. The Kier molecular flexibility index (Phi) is 3.05. The molecule has 2 aliphatic heterocycles. The number of rotatable bonds is 2. The smallest absolute Gasteiger partial charge is 0.192 e. The molecular weight excluding hydrogens is 226 g/mol. The van der Waals surface area contributed by atoms with Crippen molar-refractivity contribution in [2.45, 2.75) is 25.7 Å². The maximum absolute atomic E-state index is 12.5. The lowest BCUT2D eigenvalue weighted by Crippen LogP contribution is -2.17. The van der Waals surface area contributed by atoms with Gasteiger partial charge < -0.3 is 10.1 Å². The molecule has 0 saturated heterocycles. The number of benzene rings is 1. The third kappa shape index (κ3) is 2.01. The van der Waals surface area contributed by atoms with Crippen LogP contribution in [-0.4, -0.2) is 18.9 Å². The van der Waals surface area contributed by atoms with Gasteiger partial charge in [0.1, 0.15) is 0 Å². The van der Waals surface area contributed by atoms with Gasteiger partial charge in [0.15, 0.2) is 5.78 Å². The monoisotopic (exact) mass is 243 g/mol. The zero-order chi connectivity index (χ0) is 12.4. The quantitative estimate of drug-likeness (QED) is 0.812. The Morgan fingerprint density at radius 3 is 3.00 bits per heavy atom. The standard InChI is InChI=1S/C15H17NO2/c17-15(11-4-3-9-18-10-11)13-5-1-7-14-12(13)6-2-8-16-14/h1,5,7,10,16H,2-4,6,8-9H2. The largest absolute Gasteiger partial charge is 0.501 e. The van der Waals surface area contributed by atoms with Gasteiger partial charge >= 0.3 is 0 Å². The number of hydrogen-bond acceptors (Lipinski definition) is 3. The summed E-state index contributed by atoms with van der Waals surface area (Å²) in [7, 11) is 0. The van der Waals surface area contributed by atoms with Gasteiger partial charge in [-0.3, -0.25) is 4.79 Å². The maximum atomic E-state index is 12.5. The fraction of sp³-hybridized carbons (Fsp3) is 0.400. The van der Waals surface area contributed by atoms with E-state index in [1.165, 1.54) is 5.56 Å². The Hall–Kier alpha value is -1.77. The highest BCUT2D eigenvalue weighted by molar-refractivity contribution is 6.10. The van der Waals surface area contributed by atoms with E-state index in [4.69, 9.17) is 4.74 Å². The molecule has 0 bridgehead atoms. The summed E-state index contributed by atoms with van der Waals surface area (Å²) in [6.45, 7) is 1.72. The number of ketones is 1. The minimum absolute atomic E-state index is 0.134. The van der Waals surface area contributed by atoms with Crippen LogP contribution in [0.25, 0.3) is 0 Å². The molecule has 3 nitrogen and oxygen atoms in total. The van der Waals surface area contributed by atoms with Crippen LogP contribution in [0.2, 0.25) is 0 Å². The minimum Gasteiger partial charge on any atom is -0.501 e. The van der Waals surface area contributed by atoms with Crippen molar-refractivity contribution in [3.8, 4) is 0 Å². The third-order valence-electron chi connectivity index (χ3n) is 3.57. The van der Waals surface area contributed by atoms with Gasteiger partial charge in [0.2, 0.25) is 0 Å². The van der Waals surface area contributed by atoms with E-state index in [-0.39, 0.29) is 5.78 Å². The van der Waals surface area contributed by atoms with Gasteiger partial charge in [-0.2, -0.15) is 0 Å². The summed E-state index contributed by atoms with van der Waals surface area (Å²) in [4.78, 5) is 12.5. The number of nitrogens with one attached hydrogen (secondary N) is 1. The van der Waals surface area contributed by atoms with E-state index in [9.17, 15) is 4.79 Å². The zero-order valence-electron chi connectivity index (χ0n) is 10.4. The molecule has 0 atom stereocenters. The van der Waals surface area contributed by atoms with Gasteiger partial charge in [-0.15, -0.1) is 0 Å². The highest BCUT2D eigenvalue weighted by Gasteiger charge is 2.21. The molecule has 2 heterocycles. The van der Waals surface area contributed by atoms with Crippen LogP contribution < -0.4 is 5.32 Å². The molecule has 1 aromatic rings. The summed E-state index contributed by atoms with van der Waals surface area (Å²) in [5, 5.41) is 3.36. The molecule has 3 rings (SSSR count). The predicted molar refractivity (Wildman–Crippen MR) is 70.9 cm³/mol. The van der Waals surface area contributed by atoms with E-state index in [0.717, 1.165) is 55.7 Å².